The van der Waals surface area contributed by atoms with E-state index in [9.17, 15) is 9.59 Å². The van der Waals surface area contributed by atoms with Crippen LogP contribution in [0, 0.1) is 5.92 Å². The van der Waals surface area contributed by atoms with Crippen molar-refractivity contribution >= 4 is 23.2 Å². The van der Waals surface area contributed by atoms with Crippen molar-refractivity contribution in [2.24, 2.45) is 5.92 Å². The number of hydrogen-bond donors (Lipinski definition) is 0. The van der Waals surface area contributed by atoms with Gasteiger partial charge in [0.1, 0.15) is 11.7 Å². The lowest BCUT2D eigenvalue weighted by Crippen LogP contribution is -2.37. The normalized spacial score (nSPS) is 22.0. The third kappa shape index (κ3) is 3.85. The van der Waals surface area contributed by atoms with Crippen LogP contribution in [0.15, 0.2) is 79.1 Å². The molecule has 0 spiro atoms. The number of hydroxylamine groups is 1. The van der Waals surface area contributed by atoms with Crippen LogP contribution in [-0.2, 0) is 14.4 Å². The van der Waals surface area contributed by atoms with Crippen LogP contribution in [0.5, 0.6) is 5.75 Å². The predicted molar refractivity (Wildman–Crippen MR) is 124 cm³/mol. The highest BCUT2D eigenvalue weighted by molar-refractivity contribution is 6.23. The molecule has 1 aromatic heterocycles. The summed E-state index contributed by atoms with van der Waals surface area (Å²) in [5, 5.41) is 1.68. The highest BCUT2D eigenvalue weighted by Crippen LogP contribution is 2.47. The van der Waals surface area contributed by atoms with Crippen LogP contribution >= 0.6 is 0 Å². The Balaban J connectivity index is 1.45. The maximum Gasteiger partial charge on any atom is 0.266 e. The van der Waals surface area contributed by atoms with Crippen molar-refractivity contribution in [1.29, 1.82) is 0 Å². The minimum absolute atomic E-state index is 0.273. The molecule has 33 heavy (non-hydrogen) atoms. The molecule has 3 atom stereocenters. The van der Waals surface area contributed by atoms with Crippen LogP contribution in [0.1, 0.15) is 31.4 Å². The average Bonchev–Trinajstić information content (AvgIpc) is 3.37. The first-order valence-corrected chi connectivity index (χ1v) is 11.2. The van der Waals surface area contributed by atoms with E-state index in [1.807, 2.05) is 42.5 Å². The molecule has 2 amide bonds. The standard InChI is InChI=1S/C26H25N3O4/c1-2-3-17-32-21-11-9-19(10-12-21)28-25(30)22-23(18-13-15-27-16-14-18)29(33-24(22)26(28)31)20-7-5-4-6-8-20/h4-16,22-24H,2-3,17H2,1H3. The molecule has 2 aliphatic heterocycles. The molecule has 2 saturated heterocycles. The first-order valence-electron chi connectivity index (χ1n) is 11.2. The van der Waals surface area contributed by atoms with Crippen LogP contribution in [0.3, 0.4) is 0 Å². The Morgan fingerprint density at radius 2 is 1.64 bits per heavy atom. The quantitative estimate of drug-likeness (QED) is 0.400. The Kier molecular flexibility index (Phi) is 5.79. The summed E-state index contributed by atoms with van der Waals surface area (Å²) in [4.78, 5) is 38.4. The lowest BCUT2D eigenvalue weighted by molar-refractivity contribution is -0.126. The Hall–Kier alpha value is -3.71. The summed E-state index contributed by atoms with van der Waals surface area (Å²) in [6.07, 6.45) is 4.50. The zero-order valence-corrected chi connectivity index (χ0v) is 18.3. The van der Waals surface area contributed by atoms with Crippen molar-refractivity contribution in [3.05, 3.63) is 84.7 Å². The van der Waals surface area contributed by atoms with Gasteiger partial charge in [-0.15, -0.1) is 0 Å². The van der Waals surface area contributed by atoms with E-state index in [1.165, 1.54) is 4.90 Å². The molecule has 0 radical (unpaired) electrons. The van der Waals surface area contributed by atoms with Gasteiger partial charge in [0.15, 0.2) is 6.10 Å². The SMILES string of the molecule is CCCCOc1ccc(N2C(=O)C3ON(c4ccccc4)C(c4ccncc4)C3C2=O)cc1. The summed E-state index contributed by atoms with van der Waals surface area (Å²) in [6, 6.07) is 19.8. The molecule has 7 nitrogen and oxygen atoms in total. The minimum atomic E-state index is -0.892. The van der Waals surface area contributed by atoms with E-state index in [2.05, 4.69) is 11.9 Å². The van der Waals surface area contributed by atoms with Gasteiger partial charge in [-0.3, -0.25) is 19.4 Å². The maximum absolute atomic E-state index is 13.6. The van der Waals surface area contributed by atoms with Crippen molar-refractivity contribution in [3.8, 4) is 5.75 Å². The van der Waals surface area contributed by atoms with E-state index < -0.39 is 18.1 Å². The van der Waals surface area contributed by atoms with Crippen molar-refractivity contribution in [2.75, 3.05) is 16.6 Å². The Morgan fingerprint density at radius 1 is 0.909 bits per heavy atom. The van der Waals surface area contributed by atoms with E-state index in [-0.39, 0.29) is 11.8 Å². The molecular weight excluding hydrogens is 418 g/mol. The van der Waals surface area contributed by atoms with Gasteiger partial charge < -0.3 is 4.74 Å². The van der Waals surface area contributed by atoms with Crippen LogP contribution in [0.4, 0.5) is 11.4 Å². The van der Waals surface area contributed by atoms with Crippen molar-refractivity contribution in [1.82, 2.24) is 4.98 Å². The third-order valence-electron chi connectivity index (χ3n) is 6.04. The number of anilines is 2. The lowest BCUT2D eigenvalue weighted by atomic mass is 9.91. The van der Waals surface area contributed by atoms with Gasteiger partial charge in [0.2, 0.25) is 5.91 Å². The van der Waals surface area contributed by atoms with E-state index in [1.54, 1.807) is 41.7 Å². The fourth-order valence-corrected chi connectivity index (χ4v) is 4.39. The predicted octanol–water partition coefficient (Wildman–Crippen LogP) is 4.31. The summed E-state index contributed by atoms with van der Waals surface area (Å²) in [6.45, 7) is 2.74. The molecule has 168 valence electrons. The number of ether oxygens (including phenoxy) is 1. The van der Waals surface area contributed by atoms with Gasteiger partial charge in [0.05, 0.1) is 24.0 Å². The Morgan fingerprint density at radius 3 is 2.33 bits per heavy atom. The van der Waals surface area contributed by atoms with Gasteiger partial charge in [0.25, 0.3) is 5.91 Å². The van der Waals surface area contributed by atoms with Crippen LogP contribution < -0.4 is 14.7 Å². The molecule has 3 unspecified atom stereocenters. The Labute approximate surface area is 192 Å². The van der Waals surface area contributed by atoms with Crippen molar-refractivity contribution in [3.63, 3.8) is 0 Å². The molecular formula is C26H25N3O4. The van der Waals surface area contributed by atoms with E-state index in [0.29, 0.717) is 18.0 Å². The number of unbranched alkanes of at least 4 members (excludes halogenated alkanes) is 1. The number of para-hydroxylation sites is 1. The second-order valence-corrected chi connectivity index (χ2v) is 8.15. The first kappa shape index (κ1) is 21.2. The summed E-state index contributed by atoms with van der Waals surface area (Å²) in [5.41, 5.74) is 2.17. The number of rotatable bonds is 7. The van der Waals surface area contributed by atoms with Crippen molar-refractivity contribution < 1.29 is 19.2 Å². The van der Waals surface area contributed by atoms with E-state index in [0.717, 1.165) is 24.1 Å². The second-order valence-electron chi connectivity index (χ2n) is 8.15. The van der Waals surface area contributed by atoms with E-state index in [4.69, 9.17) is 9.57 Å². The topological polar surface area (TPSA) is 72.0 Å². The van der Waals surface area contributed by atoms with Gasteiger partial charge in [0, 0.05) is 12.4 Å². The number of aromatic nitrogens is 1. The number of nitrogens with zero attached hydrogens (tertiary/aromatic N) is 3. The number of carbonyl (C=O) groups is 2. The number of benzene rings is 2. The minimum Gasteiger partial charge on any atom is -0.494 e. The number of hydrogen-bond acceptors (Lipinski definition) is 6. The molecule has 2 aromatic carbocycles. The van der Waals surface area contributed by atoms with Crippen LogP contribution in [-0.4, -0.2) is 29.5 Å². The van der Waals surface area contributed by atoms with Gasteiger partial charge >= 0.3 is 0 Å². The fraction of sp³-hybridized carbons (Fsp3) is 0.269. The number of carbonyl (C=O) groups excluding carboxylic acids is 2. The second kappa shape index (κ2) is 9.03. The fourth-order valence-electron chi connectivity index (χ4n) is 4.39. The summed E-state index contributed by atoms with van der Waals surface area (Å²) in [5.74, 6) is -0.583. The maximum atomic E-state index is 13.6. The van der Waals surface area contributed by atoms with Crippen molar-refractivity contribution in [2.45, 2.75) is 31.9 Å². The molecule has 0 saturated carbocycles. The summed E-state index contributed by atoms with van der Waals surface area (Å²) >= 11 is 0. The highest BCUT2D eigenvalue weighted by Gasteiger charge is 2.60. The monoisotopic (exact) mass is 443 g/mol. The molecule has 0 aliphatic carbocycles. The van der Waals surface area contributed by atoms with E-state index >= 15 is 0 Å². The molecule has 2 fully saturated rings. The number of pyridine rings is 1. The van der Waals surface area contributed by atoms with Gasteiger partial charge in [-0.05, 0) is 60.5 Å². The van der Waals surface area contributed by atoms with Gasteiger partial charge in [-0.1, -0.05) is 31.5 Å². The highest BCUT2D eigenvalue weighted by atomic mass is 16.7. The van der Waals surface area contributed by atoms with Crippen LogP contribution in [0.2, 0.25) is 0 Å². The molecule has 5 rings (SSSR count). The largest absolute Gasteiger partial charge is 0.494 e. The number of imide groups is 1. The summed E-state index contributed by atoms with van der Waals surface area (Å²) in [7, 11) is 0. The Bertz CT molecular complexity index is 1120. The smallest absolute Gasteiger partial charge is 0.266 e. The van der Waals surface area contributed by atoms with Gasteiger partial charge in [-0.25, -0.2) is 9.96 Å². The van der Waals surface area contributed by atoms with Gasteiger partial charge in [-0.2, -0.15) is 0 Å². The van der Waals surface area contributed by atoms with Crippen LogP contribution in [0.25, 0.3) is 0 Å². The zero-order valence-electron chi connectivity index (χ0n) is 18.3. The molecule has 2 aliphatic rings. The number of fused-ring (bicyclic) bond motifs is 1. The molecule has 3 aromatic rings. The zero-order chi connectivity index (χ0) is 22.8. The molecule has 0 N–H and O–H groups in total. The molecule has 0 bridgehead atoms. The average molecular weight is 444 g/mol. The number of amides is 2. The third-order valence-corrected chi connectivity index (χ3v) is 6.04. The molecule has 7 heteroatoms. The lowest BCUT2D eigenvalue weighted by Gasteiger charge is -2.28. The first-order chi connectivity index (χ1) is 16.2. The summed E-state index contributed by atoms with van der Waals surface area (Å²) < 4.78 is 5.70. The molecule has 3 heterocycles.